The molecular formula is C32H23N3O5. The largest absolute Gasteiger partial charge is 0.484 e. The predicted molar refractivity (Wildman–Crippen MR) is 155 cm³/mol. The Labute approximate surface area is 228 Å². The number of aromatic carboxylic acids is 1. The topological polar surface area (TPSA) is 110 Å². The van der Waals surface area contributed by atoms with Crippen LogP contribution in [0.2, 0.25) is 0 Å². The Morgan fingerprint density at radius 1 is 0.675 bits per heavy atom. The number of carboxylic acid groups (broad SMARTS) is 1. The van der Waals surface area contributed by atoms with Crippen LogP contribution in [0, 0.1) is 0 Å². The van der Waals surface area contributed by atoms with Crippen molar-refractivity contribution in [1.82, 2.24) is 4.57 Å². The lowest BCUT2D eigenvalue weighted by Crippen LogP contribution is -2.21. The minimum Gasteiger partial charge on any atom is -0.484 e. The number of nitrogens with zero attached hydrogens (tertiary/aromatic N) is 1. The van der Waals surface area contributed by atoms with Crippen molar-refractivity contribution in [1.29, 1.82) is 0 Å². The Bertz CT molecular complexity index is 1890. The molecule has 0 spiro atoms. The number of nitrogens with one attached hydrogen (secondary N) is 2. The highest BCUT2D eigenvalue weighted by molar-refractivity contribution is 6.15. The summed E-state index contributed by atoms with van der Waals surface area (Å²) in [4.78, 5) is 38.0. The zero-order chi connectivity index (χ0) is 27.6. The van der Waals surface area contributed by atoms with Gasteiger partial charge in [0.1, 0.15) is 5.75 Å². The minimum atomic E-state index is -1.20. The molecule has 0 bridgehead atoms. The van der Waals surface area contributed by atoms with Crippen LogP contribution in [0.1, 0.15) is 10.4 Å². The molecule has 0 unspecified atom stereocenters. The number of carbonyl (C=O) groups is 3. The molecule has 0 aliphatic heterocycles. The first-order valence-corrected chi connectivity index (χ1v) is 12.6. The summed E-state index contributed by atoms with van der Waals surface area (Å²) in [5.74, 6) is -1.14. The molecule has 6 aromatic rings. The van der Waals surface area contributed by atoms with Crippen LogP contribution in [-0.2, 0) is 4.79 Å². The molecule has 0 atom stereocenters. The molecule has 2 amide bonds. The van der Waals surface area contributed by atoms with Crippen molar-refractivity contribution in [2.45, 2.75) is 0 Å². The van der Waals surface area contributed by atoms with E-state index >= 15 is 0 Å². The fraction of sp³-hybridized carbons (Fsp3) is 0.0312. The molecule has 6 rings (SSSR count). The molecular weight excluding hydrogens is 506 g/mol. The summed E-state index contributed by atoms with van der Waals surface area (Å²) >= 11 is 0. The second-order valence-corrected chi connectivity index (χ2v) is 9.25. The van der Waals surface area contributed by atoms with Crippen molar-refractivity contribution in [3.63, 3.8) is 0 Å². The number of hydrogen-bond acceptors (Lipinski definition) is 4. The molecule has 0 fully saturated rings. The van der Waals surface area contributed by atoms with Crippen LogP contribution >= 0.6 is 0 Å². The molecule has 196 valence electrons. The summed E-state index contributed by atoms with van der Waals surface area (Å²) < 4.78 is 7.20. The maximum absolute atomic E-state index is 13.5. The summed E-state index contributed by atoms with van der Waals surface area (Å²) in [5, 5.41) is 19.0. The van der Waals surface area contributed by atoms with Crippen LogP contribution in [0.4, 0.5) is 16.2 Å². The van der Waals surface area contributed by atoms with Gasteiger partial charge in [-0.1, -0.05) is 66.7 Å². The summed E-state index contributed by atoms with van der Waals surface area (Å²) in [6.07, 6.45) is 0. The first kappa shape index (κ1) is 24.7. The maximum Gasteiger partial charge on any atom is 0.335 e. The first-order chi connectivity index (χ1) is 19.5. The highest BCUT2D eigenvalue weighted by Gasteiger charge is 2.17. The van der Waals surface area contributed by atoms with Crippen molar-refractivity contribution >= 4 is 61.9 Å². The molecule has 8 heteroatoms. The van der Waals surface area contributed by atoms with Crippen LogP contribution < -0.4 is 15.4 Å². The van der Waals surface area contributed by atoms with Gasteiger partial charge in [0.25, 0.3) is 5.91 Å². The number of rotatable bonds is 6. The lowest BCUT2D eigenvalue weighted by atomic mass is 10.1. The van der Waals surface area contributed by atoms with E-state index in [1.807, 2.05) is 84.9 Å². The molecule has 0 aliphatic rings. The van der Waals surface area contributed by atoms with Gasteiger partial charge in [0.2, 0.25) is 0 Å². The lowest BCUT2D eigenvalue weighted by molar-refractivity contribution is -0.118. The van der Waals surface area contributed by atoms with Gasteiger partial charge < -0.3 is 20.5 Å². The molecule has 0 saturated heterocycles. The molecule has 0 radical (unpaired) electrons. The van der Waals surface area contributed by atoms with Crippen molar-refractivity contribution in [2.75, 3.05) is 17.2 Å². The number of carbonyl (C=O) groups excluding carboxylic acids is 2. The molecule has 5 aromatic carbocycles. The molecule has 40 heavy (non-hydrogen) atoms. The van der Waals surface area contributed by atoms with Gasteiger partial charge in [-0.05, 0) is 53.2 Å². The van der Waals surface area contributed by atoms with Crippen LogP contribution in [0.5, 0.6) is 5.75 Å². The van der Waals surface area contributed by atoms with Crippen LogP contribution in [0.3, 0.4) is 0 Å². The van der Waals surface area contributed by atoms with E-state index in [0.29, 0.717) is 5.75 Å². The van der Waals surface area contributed by atoms with E-state index in [2.05, 4.69) is 10.6 Å². The highest BCUT2D eigenvalue weighted by Crippen LogP contribution is 2.29. The second-order valence-electron chi connectivity index (χ2n) is 9.25. The van der Waals surface area contributed by atoms with Crippen molar-refractivity contribution in [3.05, 3.63) is 115 Å². The predicted octanol–water partition coefficient (Wildman–Crippen LogP) is 6.74. The Morgan fingerprint density at radius 2 is 1.27 bits per heavy atom. The van der Waals surface area contributed by atoms with E-state index in [1.165, 1.54) is 18.2 Å². The molecule has 3 N–H and O–H groups in total. The van der Waals surface area contributed by atoms with Crippen molar-refractivity contribution in [2.24, 2.45) is 0 Å². The summed E-state index contributed by atoms with van der Waals surface area (Å²) in [5.41, 5.74) is 1.78. The van der Waals surface area contributed by atoms with Crippen LogP contribution in [0.25, 0.3) is 32.6 Å². The zero-order valence-electron chi connectivity index (χ0n) is 21.1. The monoisotopic (exact) mass is 529 g/mol. The van der Waals surface area contributed by atoms with Crippen molar-refractivity contribution < 1.29 is 24.2 Å². The van der Waals surface area contributed by atoms with Gasteiger partial charge in [0, 0.05) is 22.1 Å². The van der Waals surface area contributed by atoms with Gasteiger partial charge in [0.05, 0.1) is 16.6 Å². The van der Waals surface area contributed by atoms with Gasteiger partial charge in [-0.25, -0.2) is 9.59 Å². The highest BCUT2D eigenvalue weighted by atomic mass is 16.5. The Hall–Kier alpha value is -5.63. The van der Waals surface area contributed by atoms with E-state index in [-0.39, 0.29) is 23.5 Å². The number of para-hydroxylation sites is 2. The average molecular weight is 530 g/mol. The number of anilines is 2. The molecule has 1 aromatic heterocycles. The number of carboxylic acids is 1. The number of hydrogen-bond donors (Lipinski definition) is 3. The number of benzene rings is 5. The summed E-state index contributed by atoms with van der Waals surface area (Å²) in [6, 6.07) is 32.2. The molecule has 8 nitrogen and oxygen atoms in total. The number of fused-ring (bicyclic) bond motifs is 4. The van der Waals surface area contributed by atoms with Crippen LogP contribution in [0.15, 0.2) is 109 Å². The van der Waals surface area contributed by atoms with Gasteiger partial charge in [0.15, 0.2) is 6.61 Å². The van der Waals surface area contributed by atoms with Crippen LogP contribution in [-0.4, -0.2) is 34.2 Å². The third-order valence-electron chi connectivity index (χ3n) is 6.59. The average Bonchev–Trinajstić information content (AvgIpc) is 3.30. The third-order valence-corrected chi connectivity index (χ3v) is 6.59. The van der Waals surface area contributed by atoms with E-state index in [9.17, 15) is 19.5 Å². The molecule has 0 aliphatic carbocycles. The van der Waals surface area contributed by atoms with Gasteiger partial charge in [-0.3, -0.25) is 9.36 Å². The summed E-state index contributed by atoms with van der Waals surface area (Å²) in [6.45, 7) is -0.279. The van der Waals surface area contributed by atoms with E-state index in [1.54, 1.807) is 10.6 Å². The fourth-order valence-electron chi connectivity index (χ4n) is 4.82. The Kier molecular flexibility index (Phi) is 6.34. The van der Waals surface area contributed by atoms with E-state index in [4.69, 9.17) is 4.74 Å². The maximum atomic E-state index is 13.5. The minimum absolute atomic E-state index is 0.0919. The van der Waals surface area contributed by atoms with Gasteiger partial charge >= 0.3 is 12.0 Å². The van der Waals surface area contributed by atoms with E-state index < -0.39 is 17.9 Å². The smallest absolute Gasteiger partial charge is 0.335 e. The number of ether oxygens (including phenoxy) is 1. The summed E-state index contributed by atoms with van der Waals surface area (Å²) in [7, 11) is 0. The second kappa shape index (κ2) is 10.3. The zero-order valence-corrected chi connectivity index (χ0v) is 21.1. The normalized spacial score (nSPS) is 11.0. The van der Waals surface area contributed by atoms with Gasteiger partial charge in [-0.2, -0.15) is 0 Å². The van der Waals surface area contributed by atoms with E-state index in [0.717, 1.165) is 32.6 Å². The Balaban J connectivity index is 1.23. The Morgan fingerprint density at radius 3 is 1.95 bits per heavy atom. The SMILES string of the molecule is O=C(COc1ccc2ccccc2c1)Nc1cc(NC(=O)n2c3ccccc3c3ccccc32)cc(C(=O)O)c1. The first-order valence-electron chi connectivity index (χ1n) is 12.6. The standard InChI is InChI=1S/C32H23N3O5/c36-30(19-40-25-14-13-20-7-1-2-8-21(20)17-25)33-23-15-22(31(37)38)16-24(18-23)34-32(39)35-28-11-5-3-9-26(28)27-10-4-6-12-29(27)35/h1-18H,19H2,(H,33,36)(H,34,39)(H,37,38). The van der Waals surface area contributed by atoms with Crippen molar-refractivity contribution in [3.8, 4) is 5.75 Å². The molecule has 1 heterocycles. The third kappa shape index (κ3) is 4.81. The number of amides is 2. The molecule has 0 saturated carbocycles. The van der Waals surface area contributed by atoms with Gasteiger partial charge in [-0.15, -0.1) is 0 Å². The fourth-order valence-corrected chi connectivity index (χ4v) is 4.82. The number of aromatic nitrogens is 1. The quantitative estimate of drug-likeness (QED) is 0.221. The lowest BCUT2D eigenvalue weighted by Gasteiger charge is -2.13.